The lowest BCUT2D eigenvalue weighted by molar-refractivity contribution is -0.173. The molecule has 0 aliphatic carbocycles. The van der Waals surface area contributed by atoms with Crippen LogP contribution in [0.15, 0.2) is 65.3 Å². The van der Waals surface area contributed by atoms with Gasteiger partial charge in [0.05, 0.1) is 18.3 Å². The van der Waals surface area contributed by atoms with Gasteiger partial charge in [-0.05, 0) is 30.2 Å². The second-order valence-corrected chi connectivity index (χ2v) is 8.41. The number of fused-ring (bicyclic) bond motifs is 1. The summed E-state index contributed by atoms with van der Waals surface area (Å²) in [6, 6.07) is 13.7. The Hall–Kier alpha value is -2.81. The van der Waals surface area contributed by atoms with E-state index in [0.717, 1.165) is 14.7 Å². The molecule has 1 aromatic heterocycles. The topological polar surface area (TPSA) is 59.0 Å². The van der Waals surface area contributed by atoms with Crippen LogP contribution < -0.4 is 10.6 Å². The fraction of sp³-hybridized carbons (Fsp3) is 0.273. The molecular formula is C22H20BrF3N4O. The van der Waals surface area contributed by atoms with E-state index in [9.17, 15) is 18.0 Å². The number of carbonyl (C=O) groups is 1. The van der Waals surface area contributed by atoms with E-state index in [1.165, 1.54) is 6.20 Å². The van der Waals surface area contributed by atoms with Crippen LogP contribution in [0.25, 0.3) is 0 Å². The molecule has 3 aromatic rings. The summed E-state index contributed by atoms with van der Waals surface area (Å²) in [6.45, 7) is 1.82. The van der Waals surface area contributed by atoms with Crippen LogP contribution in [-0.2, 0) is 0 Å². The lowest BCUT2D eigenvalue weighted by atomic mass is 9.96. The van der Waals surface area contributed by atoms with E-state index in [1.54, 1.807) is 24.3 Å². The van der Waals surface area contributed by atoms with Crippen LogP contribution in [0.2, 0.25) is 0 Å². The number of nitrogens with zero attached hydrogens (tertiary/aromatic N) is 2. The minimum absolute atomic E-state index is 0.0688. The van der Waals surface area contributed by atoms with Crippen molar-refractivity contribution in [2.24, 2.45) is 0 Å². The SMILES string of the molecule is CC(NC(=O)c1cnn2c1NC(c1ccc(Br)cc1)CC2C(F)(F)F)c1ccccc1. The lowest BCUT2D eigenvalue weighted by Gasteiger charge is -2.34. The highest BCUT2D eigenvalue weighted by atomic mass is 79.9. The Kier molecular flexibility index (Phi) is 5.79. The summed E-state index contributed by atoms with van der Waals surface area (Å²) in [7, 11) is 0. The number of aromatic nitrogens is 2. The summed E-state index contributed by atoms with van der Waals surface area (Å²) in [5.74, 6) is -0.415. The Labute approximate surface area is 185 Å². The maximum atomic E-state index is 13.8. The molecule has 0 spiro atoms. The number of benzene rings is 2. The third-order valence-electron chi connectivity index (χ3n) is 5.40. The first-order valence-electron chi connectivity index (χ1n) is 9.76. The Morgan fingerprint density at radius 2 is 1.87 bits per heavy atom. The molecular weight excluding hydrogens is 473 g/mol. The third-order valence-corrected chi connectivity index (χ3v) is 5.93. The zero-order valence-electron chi connectivity index (χ0n) is 16.5. The van der Waals surface area contributed by atoms with E-state index >= 15 is 0 Å². The second-order valence-electron chi connectivity index (χ2n) is 7.50. The van der Waals surface area contributed by atoms with E-state index in [0.29, 0.717) is 5.56 Å². The minimum atomic E-state index is -4.50. The summed E-state index contributed by atoms with van der Waals surface area (Å²) < 4.78 is 43.2. The Morgan fingerprint density at radius 3 is 2.52 bits per heavy atom. The van der Waals surface area contributed by atoms with E-state index in [-0.39, 0.29) is 23.8 Å². The Bertz CT molecular complexity index is 1070. The average Bonchev–Trinajstić information content (AvgIpc) is 3.17. The standard InChI is InChI=1S/C22H20BrF3N4O/c1-13(14-5-3-2-4-6-14)28-21(31)17-12-27-30-19(22(24,25)26)11-18(29-20(17)30)15-7-9-16(23)10-8-15/h2-10,12-13,18-19,29H,11H2,1H3,(H,28,31). The van der Waals surface area contributed by atoms with E-state index in [2.05, 4.69) is 31.7 Å². The first-order chi connectivity index (χ1) is 14.7. The van der Waals surface area contributed by atoms with Crippen molar-refractivity contribution in [3.8, 4) is 0 Å². The van der Waals surface area contributed by atoms with Gasteiger partial charge in [0.2, 0.25) is 0 Å². The van der Waals surface area contributed by atoms with E-state index in [4.69, 9.17) is 0 Å². The average molecular weight is 493 g/mol. The molecule has 162 valence electrons. The fourth-order valence-corrected chi connectivity index (χ4v) is 4.01. The Balaban J connectivity index is 1.65. The molecule has 0 bridgehead atoms. The Morgan fingerprint density at radius 1 is 1.19 bits per heavy atom. The van der Waals surface area contributed by atoms with Crippen molar-refractivity contribution in [3.63, 3.8) is 0 Å². The van der Waals surface area contributed by atoms with Crippen molar-refractivity contribution in [2.45, 2.75) is 37.6 Å². The smallest absolute Gasteiger partial charge is 0.363 e. The number of hydrogen-bond donors (Lipinski definition) is 2. The summed E-state index contributed by atoms with van der Waals surface area (Å²) in [6.07, 6.45) is -3.53. The number of hydrogen-bond acceptors (Lipinski definition) is 3. The normalized spacial score (nSPS) is 19.3. The monoisotopic (exact) mass is 492 g/mol. The summed E-state index contributed by atoms with van der Waals surface area (Å²) in [4.78, 5) is 12.9. The van der Waals surface area contributed by atoms with Crippen LogP contribution in [0.3, 0.4) is 0 Å². The zero-order valence-corrected chi connectivity index (χ0v) is 18.1. The molecule has 0 fully saturated rings. The highest BCUT2D eigenvalue weighted by molar-refractivity contribution is 9.10. The van der Waals surface area contributed by atoms with Gasteiger partial charge in [-0.1, -0.05) is 58.4 Å². The highest BCUT2D eigenvalue weighted by Crippen LogP contribution is 2.44. The van der Waals surface area contributed by atoms with Crippen LogP contribution in [0.5, 0.6) is 0 Å². The summed E-state index contributed by atoms with van der Waals surface area (Å²) in [5.41, 5.74) is 1.68. The number of rotatable bonds is 4. The van der Waals surface area contributed by atoms with Gasteiger partial charge in [0.25, 0.3) is 5.91 Å². The molecule has 3 atom stereocenters. The molecule has 2 aromatic carbocycles. The number of carbonyl (C=O) groups excluding carboxylic acids is 1. The maximum absolute atomic E-state index is 13.8. The largest absolute Gasteiger partial charge is 0.410 e. The van der Waals surface area contributed by atoms with Crippen LogP contribution in [-0.4, -0.2) is 21.9 Å². The molecule has 0 saturated heterocycles. The highest BCUT2D eigenvalue weighted by Gasteiger charge is 2.47. The van der Waals surface area contributed by atoms with Gasteiger partial charge in [-0.15, -0.1) is 0 Å². The molecule has 1 aliphatic heterocycles. The molecule has 2 heterocycles. The van der Waals surface area contributed by atoms with Gasteiger partial charge in [0, 0.05) is 10.9 Å². The third kappa shape index (κ3) is 4.46. The molecule has 1 amide bonds. The number of nitrogens with one attached hydrogen (secondary N) is 2. The van der Waals surface area contributed by atoms with Gasteiger partial charge in [-0.3, -0.25) is 4.79 Å². The van der Waals surface area contributed by atoms with Crippen LogP contribution in [0.4, 0.5) is 19.0 Å². The second kappa shape index (κ2) is 8.37. The number of amides is 1. The van der Waals surface area contributed by atoms with Crippen LogP contribution >= 0.6 is 15.9 Å². The van der Waals surface area contributed by atoms with Crippen molar-refractivity contribution in [3.05, 3.63) is 82.0 Å². The molecule has 4 rings (SSSR count). The summed E-state index contributed by atoms with van der Waals surface area (Å²) >= 11 is 3.34. The van der Waals surface area contributed by atoms with E-state index < -0.39 is 24.2 Å². The first kappa shape index (κ1) is 21.4. The first-order valence-corrected chi connectivity index (χ1v) is 10.6. The number of halogens is 4. The molecule has 0 radical (unpaired) electrons. The maximum Gasteiger partial charge on any atom is 0.410 e. The molecule has 2 N–H and O–H groups in total. The minimum Gasteiger partial charge on any atom is -0.363 e. The number of anilines is 1. The van der Waals surface area contributed by atoms with Crippen LogP contribution in [0, 0.1) is 0 Å². The van der Waals surface area contributed by atoms with Gasteiger partial charge >= 0.3 is 6.18 Å². The van der Waals surface area contributed by atoms with Gasteiger partial charge in [0.1, 0.15) is 11.4 Å². The van der Waals surface area contributed by atoms with Crippen molar-refractivity contribution in [1.29, 1.82) is 0 Å². The van der Waals surface area contributed by atoms with Gasteiger partial charge < -0.3 is 10.6 Å². The molecule has 3 unspecified atom stereocenters. The van der Waals surface area contributed by atoms with Gasteiger partial charge in [-0.2, -0.15) is 18.3 Å². The van der Waals surface area contributed by atoms with Crippen LogP contribution in [0.1, 0.15) is 53.0 Å². The molecule has 5 nitrogen and oxygen atoms in total. The van der Waals surface area contributed by atoms with Crippen molar-refractivity contribution < 1.29 is 18.0 Å². The zero-order chi connectivity index (χ0) is 22.2. The van der Waals surface area contributed by atoms with Crippen molar-refractivity contribution >= 4 is 27.7 Å². The summed E-state index contributed by atoms with van der Waals surface area (Å²) in [5, 5.41) is 9.86. The molecule has 31 heavy (non-hydrogen) atoms. The number of alkyl halides is 3. The molecule has 1 aliphatic rings. The van der Waals surface area contributed by atoms with Crippen molar-refractivity contribution in [2.75, 3.05) is 5.32 Å². The predicted octanol–water partition coefficient (Wildman–Crippen LogP) is 5.80. The molecule has 0 saturated carbocycles. The van der Waals surface area contributed by atoms with Gasteiger partial charge in [-0.25, -0.2) is 4.68 Å². The fourth-order valence-electron chi connectivity index (χ4n) is 3.74. The molecule has 9 heteroatoms. The lowest BCUT2D eigenvalue weighted by Crippen LogP contribution is -2.36. The van der Waals surface area contributed by atoms with Crippen molar-refractivity contribution in [1.82, 2.24) is 15.1 Å². The quantitative estimate of drug-likeness (QED) is 0.484. The van der Waals surface area contributed by atoms with E-state index in [1.807, 2.05) is 37.3 Å². The van der Waals surface area contributed by atoms with Gasteiger partial charge in [0.15, 0.2) is 6.04 Å². The predicted molar refractivity (Wildman–Crippen MR) is 115 cm³/mol.